The Labute approximate surface area is 116 Å². The van der Waals surface area contributed by atoms with Crippen LogP contribution in [0.25, 0.3) is 0 Å². The van der Waals surface area contributed by atoms with E-state index in [2.05, 4.69) is 30.3 Å². The van der Waals surface area contributed by atoms with E-state index in [1.165, 1.54) is 24.8 Å². The lowest BCUT2D eigenvalue weighted by atomic mass is 10.4. The minimum absolute atomic E-state index is 0.0643. The van der Waals surface area contributed by atoms with Crippen molar-refractivity contribution in [3.05, 3.63) is 24.8 Å². The van der Waals surface area contributed by atoms with Crippen LogP contribution in [0, 0.1) is 0 Å². The largest absolute Gasteiger partial charge is 0.320 e. The molecule has 0 bridgehead atoms. The van der Waals surface area contributed by atoms with Crippen LogP contribution in [-0.2, 0) is 16.6 Å². The molecular weight excluding hydrogens is 282 g/mol. The third-order valence-electron chi connectivity index (χ3n) is 2.44. The van der Waals surface area contributed by atoms with Crippen LogP contribution < -0.4 is 10.0 Å². The van der Waals surface area contributed by atoms with Crippen molar-refractivity contribution in [3.8, 4) is 0 Å². The lowest BCUT2D eigenvalue weighted by molar-refractivity contribution is 0.561. The van der Waals surface area contributed by atoms with Crippen LogP contribution in [0.2, 0.25) is 0 Å². The number of sulfonamides is 1. The van der Waals surface area contributed by atoms with Gasteiger partial charge in [-0.05, 0) is 20.0 Å². The first-order valence-corrected chi connectivity index (χ1v) is 7.44. The monoisotopic (exact) mass is 297 g/mol. The summed E-state index contributed by atoms with van der Waals surface area (Å²) in [5.74, 6) is -0.0737. The molecule has 2 aromatic rings. The van der Waals surface area contributed by atoms with Gasteiger partial charge in [-0.25, -0.2) is 18.1 Å². The van der Waals surface area contributed by atoms with Gasteiger partial charge in [0.05, 0.1) is 18.6 Å². The number of aromatic nitrogens is 5. The molecule has 20 heavy (non-hydrogen) atoms. The summed E-state index contributed by atoms with van der Waals surface area (Å²) in [6, 6.07) is 0. The minimum Gasteiger partial charge on any atom is -0.320 e. The van der Waals surface area contributed by atoms with Crippen LogP contribution in [0.4, 0.5) is 5.95 Å². The Bertz CT molecular complexity index is 641. The number of nitrogens with one attached hydrogen (secondary N) is 2. The molecule has 108 valence electrons. The lowest BCUT2D eigenvalue weighted by Gasteiger charge is -2.03. The van der Waals surface area contributed by atoms with E-state index in [9.17, 15) is 8.42 Å². The van der Waals surface area contributed by atoms with Crippen molar-refractivity contribution < 1.29 is 8.42 Å². The molecule has 0 saturated carbocycles. The van der Waals surface area contributed by atoms with Crippen molar-refractivity contribution in [2.45, 2.75) is 17.9 Å². The van der Waals surface area contributed by atoms with E-state index in [1.54, 1.807) is 4.68 Å². The first-order chi connectivity index (χ1) is 9.62. The molecule has 2 aromatic heterocycles. The Kier molecular flexibility index (Phi) is 4.58. The van der Waals surface area contributed by atoms with Crippen LogP contribution in [0.1, 0.15) is 6.42 Å². The topological polar surface area (TPSA) is 115 Å². The Balaban J connectivity index is 2.06. The molecule has 0 radical (unpaired) electrons. The van der Waals surface area contributed by atoms with Gasteiger partial charge in [-0.3, -0.25) is 4.68 Å². The summed E-state index contributed by atoms with van der Waals surface area (Å²) in [6.45, 7) is 1.48. The van der Waals surface area contributed by atoms with Crippen LogP contribution >= 0.6 is 0 Å². The second-order valence-corrected chi connectivity index (χ2v) is 5.65. The average molecular weight is 297 g/mol. The third-order valence-corrected chi connectivity index (χ3v) is 3.72. The molecule has 0 unspecified atom stereocenters. The highest BCUT2D eigenvalue weighted by Gasteiger charge is 2.17. The molecule has 0 fully saturated rings. The zero-order valence-electron chi connectivity index (χ0n) is 10.9. The number of hydrogen-bond acceptors (Lipinski definition) is 7. The first kappa shape index (κ1) is 14.3. The summed E-state index contributed by atoms with van der Waals surface area (Å²) in [5.41, 5.74) is 0. The van der Waals surface area contributed by atoms with Gasteiger partial charge in [0.2, 0.25) is 0 Å². The fraction of sp³-hybridized carbons (Fsp3) is 0.400. The maximum atomic E-state index is 12.1. The summed E-state index contributed by atoms with van der Waals surface area (Å²) in [6.07, 6.45) is 6.33. The molecule has 0 aliphatic carbocycles. The second-order valence-electron chi connectivity index (χ2n) is 3.97. The van der Waals surface area contributed by atoms with Gasteiger partial charge in [0.1, 0.15) is 4.90 Å². The molecule has 0 aliphatic rings. The summed E-state index contributed by atoms with van der Waals surface area (Å²) in [4.78, 5) is 3.82. The molecule has 9 nitrogen and oxygen atoms in total. The highest BCUT2D eigenvalue weighted by molar-refractivity contribution is 7.92. The van der Waals surface area contributed by atoms with Crippen molar-refractivity contribution in [1.29, 1.82) is 0 Å². The molecule has 0 aliphatic heterocycles. The second kappa shape index (κ2) is 6.39. The van der Waals surface area contributed by atoms with Crippen molar-refractivity contribution in [1.82, 2.24) is 30.3 Å². The van der Waals surface area contributed by atoms with Crippen LogP contribution in [-0.4, -0.2) is 47.0 Å². The zero-order valence-corrected chi connectivity index (χ0v) is 11.7. The van der Waals surface area contributed by atoms with E-state index in [4.69, 9.17) is 0 Å². The molecule has 0 atom stereocenters. The molecule has 2 N–H and O–H groups in total. The Hall–Kier alpha value is -2.07. The van der Waals surface area contributed by atoms with E-state index in [0.717, 1.165) is 13.0 Å². The lowest BCUT2D eigenvalue weighted by Crippen LogP contribution is -2.15. The molecular formula is C10H15N7O2S. The van der Waals surface area contributed by atoms with Crippen molar-refractivity contribution >= 4 is 16.0 Å². The highest BCUT2D eigenvalue weighted by Crippen LogP contribution is 2.11. The Morgan fingerprint density at radius 2 is 2.20 bits per heavy atom. The van der Waals surface area contributed by atoms with Gasteiger partial charge in [-0.15, -0.1) is 5.10 Å². The first-order valence-electron chi connectivity index (χ1n) is 5.95. The summed E-state index contributed by atoms with van der Waals surface area (Å²) in [5, 5.41) is 14.1. The number of anilines is 1. The number of nitrogens with zero attached hydrogens (tertiary/aromatic N) is 5. The fourth-order valence-corrected chi connectivity index (χ4v) is 2.40. The zero-order chi connectivity index (χ0) is 14.4. The summed E-state index contributed by atoms with van der Waals surface area (Å²) < 4.78 is 27.9. The Morgan fingerprint density at radius 1 is 1.35 bits per heavy atom. The maximum Gasteiger partial charge on any atom is 0.267 e. The smallest absolute Gasteiger partial charge is 0.267 e. The van der Waals surface area contributed by atoms with Crippen molar-refractivity contribution in [2.75, 3.05) is 18.3 Å². The van der Waals surface area contributed by atoms with Crippen LogP contribution in [0.3, 0.4) is 0 Å². The van der Waals surface area contributed by atoms with E-state index < -0.39 is 10.0 Å². The highest BCUT2D eigenvalue weighted by atomic mass is 32.2. The van der Waals surface area contributed by atoms with E-state index in [1.807, 2.05) is 7.05 Å². The van der Waals surface area contributed by atoms with Crippen molar-refractivity contribution in [2.24, 2.45) is 0 Å². The predicted octanol–water partition coefficient (Wildman–Crippen LogP) is -0.522. The number of aryl methyl sites for hydroxylation is 1. The maximum absolute atomic E-state index is 12.1. The molecule has 0 amide bonds. The van der Waals surface area contributed by atoms with Gasteiger partial charge in [0.15, 0.2) is 0 Å². The standard InChI is InChI=1S/C10H15N7O2S/c1-11-3-2-6-17-8-9(7-14-17)20(18,19)16-10-12-4-5-13-15-10/h4-5,7-8,11H,2-3,6H2,1H3,(H,12,15,16). The molecule has 0 saturated heterocycles. The molecule has 10 heteroatoms. The van der Waals surface area contributed by atoms with Gasteiger partial charge in [-0.2, -0.15) is 10.2 Å². The van der Waals surface area contributed by atoms with Gasteiger partial charge in [0.25, 0.3) is 16.0 Å². The number of rotatable bonds is 7. The van der Waals surface area contributed by atoms with E-state index in [-0.39, 0.29) is 10.8 Å². The van der Waals surface area contributed by atoms with Crippen LogP contribution in [0.5, 0.6) is 0 Å². The summed E-state index contributed by atoms with van der Waals surface area (Å²) >= 11 is 0. The third kappa shape index (κ3) is 3.71. The summed E-state index contributed by atoms with van der Waals surface area (Å²) in [7, 11) is -1.88. The molecule has 2 rings (SSSR count). The number of hydrogen-bond donors (Lipinski definition) is 2. The van der Waals surface area contributed by atoms with Gasteiger partial charge >= 0.3 is 0 Å². The minimum atomic E-state index is -3.74. The predicted molar refractivity (Wildman–Crippen MR) is 71.4 cm³/mol. The average Bonchev–Trinajstić information content (AvgIpc) is 2.89. The Morgan fingerprint density at radius 3 is 2.90 bits per heavy atom. The van der Waals surface area contributed by atoms with E-state index in [0.29, 0.717) is 6.54 Å². The van der Waals surface area contributed by atoms with Gasteiger partial charge < -0.3 is 5.32 Å². The fourth-order valence-electron chi connectivity index (χ4n) is 1.50. The van der Waals surface area contributed by atoms with Gasteiger partial charge in [-0.1, -0.05) is 0 Å². The van der Waals surface area contributed by atoms with Gasteiger partial charge in [0, 0.05) is 12.7 Å². The van der Waals surface area contributed by atoms with Crippen LogP contribution in [0.15, 0.2) is 29.7 Å². The molecule has 2 heterocycles. The quantitative estimate of drug-likeness (QED) is 0.661. The SMILES string of the molecule is CNCCCn1cc(S(=O)(=O)Nc2nccnn2)cn1. The molecule has 0 aromatic carbocycles. The van der Waals surface area contributed by atoms with E-state index >= 15 is 0 Å². The molecule has 0 spiro atoms. The normalized spacial score (nSPS) is 11.4. The van der Waals surface area contributed by atoms with Crippen molar-refractivity contribution in [3.63, 3.8) is 0 Å².